The van der Waals surface area contributed by atoms with Gasteiger partial charge in [-0.25, -0.2) is 0 Å². The smallest absolute Gasteiger partial charge is 0.230 e. The first-order valence-electron chi connectivity index (χ1n) is 5.69. The van der Waals surface area contributed by atoms with E-state index in [0.29, 0.717) is 16.3 Å². The molecule has 0 aliphatic heterocycles. The summed E-state index contributed by atoms with van der Waals surface area (Å²) in [6, 6.07) is 7.43. The van der Waals surface area contributed by atoms with E-state index in [1.165, 1.54) is 0 Å². The summed E-state index contributed by atoms with van der Waals surface area (Å²) in [5, 5.41) is 11.5. The van der Waals surface area contributed by atoms with Gasteiger partial charge in [0.25, 0.3) is 0 Å². The van der Waals surface area contributed by atoms with Gasteiger partial charge in [0.05, 0.1) is 11.8 Å². The van der Waals surface area contributed by atoms with Crippen LogP contribution in [0.25, 0.3) is 22.4 Å². The van der Waals surface area contributed by atoms with E-state index in [1.807, 2.05) is 25.1 Å². The molecule has 0 radical (unpaired) electrons. The molecule has 2 heterocycles. The normalized spacial score (nSPS) is 10.8. The SMILES string of the molecule is Cc1[nH]ncc1-c1noc(N)c1-c1ccccc1Cl. The second kappa shape index (κ2) is 4.44. The fraction of sp³-hybridized carbons (Fsp3) is 0.0769. The number of rotatable bonds is 2. The molecule has 5 nitrogen and oxygen atoms in total. The van der Waals surface area contributed by atoms with Crippen molar-refractivity contribution < 1.29 is 4.52 Å². The summed E-state index contributed by atoms with van der Waals surface area (Å²) in [5.74, 6) is 0.240. The van der Waals surface area contributed by atoms with Crippen LogP contribution in [0.4, 0.5) is 5.88 Å². The predicted octanol–water partition coefficient (Wildman–Crippen LogP) is 3.28. The zero-order chi connectivity index (χ0) is 13.4. The molecule has 3 rings (SSSR count). The molecule has 0 bridgehead atoms. The second-order valence-corrected chi connectivity index (χ2v) is 4.57. The standard InChI is InChI=1S/C13H11ClN4O/c1-7-9(6-16-17-7)12-11(13(15)19-18-12)8-4-2-3-5-10(8)14/h2-6H,15H2,1H3,(H,16,17). The summed E-state index contributed by atoms with van der Waals surface area (Å²) in [6.07, 6.45) is 1.69. The molecule has 0 aliphatic carbocycles. The number of hydrogen-bond donors (Lipinski definition) is 2. The highest BCUT2D eigenvalue weighted by atomic mass is 35.5. The van der Waals surface area contributed by atoms with Gasteiger partial charge in [-0.3, -0.25) is 5.10 Å². The zero-order valence-electron chi connectivity index (χ0n) is 10.1. The molecule has 0 atom stereocenters. The lowest BCUT2D eigenvalue weighted by Crippen LogP contribution is -1.89. The van der Waals surface area contributed by atoms with Gasteiger partial charge in [0.1, 0.15) is 5.69 Å². The van der Waals surface area contributed by atoms with E-state index in [4.69, 9.17) is 21.9 Å². The van der Waals surface area contributed by atoms with Crippen molar-refractivity contribution in [3.8, 4) is 22.4 Å². The molecule has 0 spiro atoms. The number of benzene rings is 1. The third-order valence-corrected chi connectivity index (χ3v) is 3.28. The molecule has 0 saturated heterocycles. The maximum atomic E-state index is 6.21. The molecule has 1 aromatic carbocycles. The summed E-state index contributed by atoms with van der Waals surface area (Å²) in [6.45, 7) is 1.91. The molecule has 0 fully saturated rings. The quantitative estimate of drug-likeness (QED) is 0.751. The van der Waals surface area contributed by atoms with Crippen molar-refractivity contribution in [1.29, 1.82) is 0 Å². The lowest BCUT2D eigenvalue weighted by Gasteiger charge is -2.04. The van der Waals surface area contributed by atoms with E-state index in [9.17, 15) is 0 Å². The van der Waals surface area contributed by atoms with Gasteiger partial charge in [0, 0.05) is 21.8 Å². The Hall–Kier alpha value is -2.27. The van der Waals surface area contributed by atoms with Gasteiger partial charge in [-0.1, -0.05) is 35.0 Å². The fourth-order valence-corrected chi connectivity index (χ4v) is 2.23. The van der Waals surface area contributed by atoms with E-state index >= 15 is 0 Å². The fourth-order valence-electron chi connectivity index (χ4n) is 2.00. The van der Waals surface area contributed by atoms with Crippen molar-refractivity contribution in [3.05, 3.63) is 41.2 Å². The predicted molar refractivity (Wildman–Crippen MR) is 73.7 cm³/mol. The summed E-state index contributed by atoms with van der Waals surface area (Å²) in [7, 11) is 0. The van der Waals surface area contributed by atoms with Gasteiger partial charge < -0.3 is 10.3 Å². The molecule has 96 valence electrons. The molecular formula is C13H11ClN4O. The molecule has 0 aliphatic rings. The van der Waals surface area contributed by atoms with Crippen LogP contribution in [0.3, 0.4) is 0 Å². The molecule has 3 N–H and O–H groups in total. The summed E-state index contributed by atoms with van der Waals surface area (Å²) < 4.78 is 5.11. The summed E-state index contributed by atoms with van der Waals surface area (Å²) in [4.78, 5) is 0. The van der Waals surface area contributed by atoms with Crippen molar-refractivity contribution in [2.45, 2.75) is 6.92 Å². The Labute approximate surface area is 114 Å². The van der Waals surface area contributed by atoms with E-state index in [0.717, 1.165) is 16.8 Å². The largest absolute Gasteiger partial charge is 0.367 e. The minimum absolute atomic E-state index is 0.240. The average Bonchev–Trinajstić information content (AvgIpc) is 2.96. The number of aryl methyl sites for hydroxylation is 1. The van der Waals surface area contributed by atoms with Crippen molar-refractivity contribution in [2.75, 3.05) is 5.73 Å². The molecule has 2 aromatic heterocycles. The Bertz CT molecular complexity index is 732. The first-order chi connectivity index (χ1) is 9.18. The van der Waals surface area contributed by atoms with E-state index in [1.54, 1.807) is 12.3 Å². The number of hydrogen-bond acceptors (Lipinski definition) is 4. The maximum absolute atomic E-state index is 6.21. The Morgan fingerprint density at radius 3 is 2.74 bits per heavy atom. The lowest BCUT2D eigenvalue weighted by molar-refractivity contribution is 0.439. The summed E-state index contributed by atoms with van der Waals surface area (Å²) in [5.41, 5.74) is 9.73. The third kappa shape index (κ3) is 1.88. The topological polar surface area (TPSA) is 80.7 Å². The van der Waals surface area contributed by atoms with Crippen molar-refractivity contribution in [3.63, 3.8) is 0 Å². The lowest BCUT2D eigenvalue weighted by atomic mass is 10.0. The van der Waals surface area contributed by atoms with Gasteiger partial charge >= 0.3 is 0 Å². The Balaban J connectivity index is 2.26. The highest BCUT2D eigenvalue weighted by molar-refractivity contribution is 6.33. The molecule has 0 saturated carbocycles. The van der Waals surface area contributed by atoms with Gasteiger partial charge in [-0.05, 0) is 13.0 Å². The first-order valence-corrected chi connectivity index (χ1v) is 6.06. The van der Waals surface area contributed by atoms with Gasteiger partial charge in [-0.2, -0.15) is 5.10 Å². The van der Waals surface area contributed by atoms with Crippen LogP contribution in [0, 0.1) is 6.92 Å². The monoisotopic (exact) mass is 274 g/mol. The number of nitrogens with two attached hydrogens (primary N) is 1. The molecular weight excluding hydrogens is 264 g/mol. The van der Waals surface area contributed by atoms with Crippen LogP contribution in [0.1, 0.15) is 5.69 Å². The van der Waals surface area contributed by atoms with Crippen molar-refractivity contribution in [2.24, 2.45) is 0 Å². The van der Waals surface area contributed by atoms with E-state index < -0.39 is 0 Å². The third-order valence-electron chi connectivity index (χ3n) is 2.95. The Morgan fingerprint density at radius 1 is 1.26 bits per heavy atom. The first kappa shape index (κ1) is 11.8. The number of aromatic nitrogens is 3. The number of anilines is 1. The van der Waals surface area contributed by atoms with Crippen LogP contribution in [-0.2, 0) is 0 Å². The Morgan fingerprint density at radius 2 is 2.05 bits per heavy atom. The Kier molecular flexibility index (Phi) is 2.76. The van der Waals surface area contributed by atoms with E-state index in [-0.39, 0.29) is 5.88 Å². The second-order valence-electron chi connectivity index (χ2n) is 4.16. The van der Waals surface area contributed by atoms with Crippen LogP contribution in [-0.4, -0.2) is 15.4 Å². The maximum Gasteiger partial charge on any atom is 0.230 e. The molecule has 19 heavy (non-hydrogen) atoms. The highest BCUT2D eigenvalue weighted by Gasteiger charge is 2.21. The van der Waals surface area contributed by atoms with Crippen LogP contribution in [0.15, 0.2) is 35.0 Å². The number of nitrogen functional groups attached to an aromatic ring is 1. The van der Waals surface area contributed by atoms with Crippen LogP contribution < -0.4 is 5.73 Å². The minimum Gasteiger partial charge on any atom is -0.367 e. The van der Waals surface area contributed by atoms with Crippen molar-refractivity contribution in [1.82, 2.24) is 15.4 Å². The number of H-pyrrole nitrogens is 1. The van der Waals surface area contributed by atoms with Crippen LogP contribution >= 0.6 is 11.6 Å². The molecule has 0 unspecified atom stereocenters. The van der Waals surface area contributed by atoms with Crippen LogP contribution in [0.2, 0.25) is 5.02 Å². The zero-order valence-corrected chi connectivity index (χ0v) is 10.9. The molecule has 6 heteroatoms. The number of nitrogens with one attached hydrogen (secondary N) is 1. The highest BCUT2D eigenvalue weighted by Crippen LogP contribution is 2.39. The molecule has 0 amide bonds. The van der Waals surface area contributed by atoms with E-state index in [2.05, 4.69) is 15.4 Å². The average molecular weight is 275 g/mol. The molecule has 3 aromatic rings. The van der Waals surface area contributed by atoms with Gasteiger partial charge in [0.15, 0.2) is 0 Å². The van der Waals surface area contributed by atoms with Crippen LogP contribution in [0.5, 0.6) is 0 Å². The van der Waals surface area contributed by atoms with Gasteiger partial charge in [-0.15, -0.1) is 0 Å². The minimum atomic E-state index is 0.240. The number of nitrogens with zero attached hydrogens (tertiary/aromatic N) is 2. The van der Waals surface area contributed by atoms with Crippen molar-refractivity contribution >= 4 is 17.5 Å². The summed E-state index contributed by atoms with van der Waals surface area (Å²) >= 11 is 6.21. The number of aromatic amines is 1. The number of halogens is 1. The van der Waals surface area contributed by atoms with Gasteiger partial charge in [0.2, 0.25) is 5.88 Å².